The van der Waals surface area contributed by atoms with Gasteiger partial charge in [-0.15, -0.1) is 0 Å². The number of hydrogen-bond donors (Lipinski definition) is 1. The Balaban J connectivity index is 1.30. The molecule has 0 aliphatic carbocycles. The van der Waals surface area contributed by atoms with Gasteiger partial charge in [-0.25, -0.2) is 5.01 Å². The molecular weight excluding hydrogens is 314 g/mol. The van der Waals surface area contributed by atoms with Gasteiger partial charge in [0.1, 0.15) is 5.75 Å². The molecule has 0 bridgehead atoms. The van der Waals surface area contributed by atoms with E-state index in [2.05, 4.69) is 46.5 Å². The van der Waals surface area contributed by atoms with Crippen molar-refractivity contribution in [1.82, 2.24) is 15.3 Å². The summed E-state index contributed by atoms with van der Waals surface area (Å²) < 4.78 is 11.3. The summed E-state index contributed by atoms with van der Waals surface area (Å²) in [7, 11) is 0. The Labute approximate surface area is 152 Å². The zero-order valence-corrected chi connectivity index (χ0v) is 15.6. The van der Waals surface area contributed by atoms with Gasteiger partial charge in [0.2, 0.25) is 0 Å². The molecule has 2 saturated heterocycles. The zero-order chi connectivity index (χ0) is 17.3. The number of piperidine rings is 1. The average Bonchev–Trinajstić information content (AvgIpc) is 2.65. The summed E-state index contributed by atoms with van der Waals surface area (Å²) >= 11 is 0. The van der Waals surface area contributed by atoms with E-state index in [1.165, 1.54) is 31.5 Å². The molecule has 0 spiro atoms. The lowest BCUT2D eigenvalue weighted by atomic mass is 10.0. The normalized spacial score (nSPS) is 22.8. The maximum Gasteiger partial charge on any atom is 0.119 e. The first-order valence-corrected chi connectivity index (χ1v) is 9.80. The molecule has 1 N–H and O–H groups in total. The monoisotopic (exact) mass is 347 g/mol. The summed E-state index contributed by atoms with van der Waals surface area (Å²) in [5.74, 6) is 1.83. The van der Waals surface area contributed by atoms with Crippen molar-refractivity contribution in [2.45, 2.75) is 32.7 Å². The van der Waals surface area contributed by atoms with Gasteiger partial charge in [-0.05, 0) is 49.4 Å². The molecule has 2 aliphatic rings. The molecule has 25 heavy (non-hydrogen) atoms. The first-order valence-electron chi connectivity index (χ1n) is 9.80. The number of ether oxygens (including phenoxy) is 2. The Morgan fingerprint density at radius 3 is 2.72 bits per heavy atom. The highest BCUT2D eigenvalue weighted by Gasteiger charge is 2.15. The second kappa shape index (κ2) is 10.1. The van der Waals surface area contributed by atoms with Gasteiger partial charge in [-0.2, -0.15) is 0 Å². The molecule has 0 radical (unpaired) electrons. The van der Waals surface area contributed by atoms with Crippen LogP contribution in [0.2, 0.25) is 0 Å². The molecule has 0 amide bonds. The number of benzene rings is 1. The van der Waals surface area contributed by atoms with Crippen LogP contribution in [0.4, 0.5) is 0 Å². The maximum atomic E-state index is 5.90. The fourth-order valence-corrected chi connectivity index (χ4v) is 3.60. The number of hydrogen-bond acceptors (Lipinski definition) is 5. The molecule has 0 unspecified atom stereocenters. The quantitative estimate of drug-likeness (QED) is 0.732. The minimum atomic E-state index is 0.802. The van der Waals surface area contributed by atoms with Gasteiger partial charge in [0, 0.05) is 32.7 Å². The van der Waals surface area contributed by atoms with Crippen LogP contribution in [-0.4, -0.2) is 62.5 Å². The molecule has 2 heterocycles. The van der Waals surface area contributed by atoms with Crippen LogP contribution in [-0.2, 0) is 11.3 Å². The number of nitrogens with one attached hydrogen (secondary N) is 1. The van der Waals surface area contributed by atoms with Crippen molar-refractivity contribution in [2.75, 3.05) is 52.5 Å². The fraction of sp³-hybridized carbons (Fsp3) is 0.700. The van der Waals surface area contributed by atoms with Gasteiger partial charge in [-0.1, -0.05) is 19.1 Å². The van der Waals surface area contributed by atoms with E-state index in [0.29, 0.717) is 0 Å². The lowest BCUT2D eigenvalue weighted by Crippen LogP contribution is -2.45. The van der Waals surface area contributed by atoms with E-state index in [0.717, 1.165) is 64.1 Å². The van der Waals surface area contributed by atoms with Crippen molar-refractivity contribution in [2.24, 2.45) is 5.92 Å². The van der Waals surface area contributed by atoms with Crippen molar-refractivity contribution >= 4 is 0 Å². The second-order valence-corrected chi connectivity index (χ2v) is 7.33. The standard InChI is InChI=1S/C20H33N3O2/c1-18-4-2-9-22(17-18)10-3-13-25-20-7-5-19(6-8-20)16-21-23-11-14-24-15-12-23/h5-8,18,21H,2-4,9-17H2,1H3/t18-/m0/s1. The molecule has 1 aromatic rings. The van der Waals surface area contributed by atoms with E-state index in [1.807, 2.05) is 0 Å². The second-order valence-electron chi connectivity index (χ2n) is 7.33. The highest BCUT2D eigenvalue weighted by Crippen LogP contribution is 2.16. The SMILES string of the molecule is C[C@H]1CCCN(CCCOc2ccc(CNN3CCOCC3)cc2)C1. The van der Waals surface area contributed by atoms with E-state index < -0.39 is 0 Å². The topological polar surface area (TPSA) is 37.0 Å². The predicted molar refractivity (Wildman–Crippen MR) is 101 cm³/mol. The van der Waals surface area contributed by atoms with E-state index in [-0.39, 0.29) is 0 Å². The van der Waals surface area contributed by atoms with Crippen LogP contribution in [0.1, 0.15) is 31.7 Å². The Morgan fingerprint density at radius 1 is 1.16 bits per heavy atom. The molecule has 2 fully saturated rings. The summed E-state index contributed by atoms with van der Waals surface area (Å²) in [5, 5.41) is 2.23. The summed E-state index contributed by atoms with van der Waals surface area (Å²) in [6.07, 6.45) is 3.84. The van der Waals surface area contributed by atoms with E-state index in [4.69, 9.17) is 9.47 Å². The van der Waals surface area contributed by atoms with Crippen molar-refractivity contribution in [3.8, 4) is 5.75 Å². The van der Waals surface area contributed by atoms with Gasteiger partial charge in [-0.3, -0.25) is 5.43 Å². The predicted octanol–water partition coefficient (Wildman–Crippen LogP) is 2.52. The zero-order valence-electron chi connectivity index (χ0n) is 15.6. The van der Waals surface area contributed by atoms with E-state index in [1.54, 1.807) is 0 Å². The van der Waals surface area contributed by atoms with Crippen LogP contribution in [0.25, 0.3) is 0 Å². The molecule has 5 heteroatoms. The van der Waals surface area contributed by atoms with Crippen molar-refractivity contribution in [3.05, 3.63) is 29.8 Å². The van der Waals surface area contributed by atoms with Gasteiger partial charge in [0.25, 0.3) is 0 Å². The van der Waals surface area contributed by atoms with Gasteiger partial charge >= 0.3 is 0 Å². The molecule has 0 saturated carbocycles. The fourth-order valence-electron chi connectivity index (χ4n) is 3.60. The van der Waals surface area contributed by atoms with E-state index in [9.17, 15) is 0 Å². The summed E-state index contributed by atoms with van der Waals surface area (Å²) in [5.41, 5.74) is 4.74. The molecule has 3 rings (SSSR count). The maximum absolute atomic E-state index is 5.90. The first kappa shape index (κ1) is 18.6. The lowest BCUT2D eigenvalue weighted by molar-refractivity contribution is 0.0106. The lowest BCUT2D eigenvalue weighted by Gasteiger charge is -2.30. The highest BCUT2D eigenvalue weighted by molar-refractivity contribution is 5.27. The molecule has 1 aromatic carbocycles. The largest absolute Gasteiger partial charge is 0.494 e. The highest BCUT2D eigenvalue weighted by atomic mass is 16.5. The van der Waals surface area contributed by atoms with Gasteiger partial charge in [0.15, 0.2) is 0 Å². The average molecular weight is 348 g/mol. The van der Waals surface area contributed by atoms with Crippen LogP contribution >= 0.6 is 0 Å². The van der Waals surface area contributed by atoms with Gasteiger partial charge < -0.3 is 14.4 Å². The minimum absolute atomic E-state index is 0.802. The molecule has 2 aliphatic heterocycles. The number of hydrazine groups is 1. The van der Waals surface area contributed by atoms with E-state index >= 15 is 0 Å². The molecule has 1 atom stereocenters. The third-order valence-electron chi connectivity index (χ3n) is 5.07. The number of likely N-dealkylation sites (tertiary alicyclic amines) is 1. The summed E-state index contributed by atoms with van der Waals surface area (Å²) in [4.78, 5) is 2.58. The third-order valence-corrected chi connectivity index (χ3v) is 5.07. The molecular formula is C20H33N3O2. The molecule has 5 nitrogen and oxygen atoms in total. The van der Waals surface area contributed by atoms with Crippen molar-refractivity contribution in [3.63, 3.8) is 0 Å². The summed E-state index contributed by atoms with van der Waals surface area (Å²) in [6, 6.07) is 8.46. The Kier molecular flexibility index (Phi) is 7.55. The third kappa shape index (κ3) is 6.59. The number of morpholine rings is 1. The Morgan fingerprint density at radius 2 is 1.96 bits per heavy atom. The number of nitrogens with zero attached hydrogens (tertiary/aromatic N) is 2. The van der Waals surface area contributed by atoms with Crippen LogP contribution in [0, 0.1) is 5.92 Å². The Bertz CT molecular complexity index is 488. The van der Waals surface area contributed by atoms with Crippen LogP contribution in [0.5, 0.6) is 5.75 Å². The first-order chi connectivity index (χ1) is 12.3. The number of rotatable bonds is 8. The molecule has 0 aromatic heterocycles. The van der Waals surface area contributed by atoms with Crippen LogP contribution in [0.15, 0.2) is 24.3 Å². The molecule has 140 valence electrons. The smallest absolute Gasteiger partial charge is 0.119 e. The minimum Gasteiger partial charge on any atom is -0.494 e. The summed E-state index contributed by atoms with van der Waals surface area (Å²) in [6.45, 7) is 11.2. The van der Waals surface area contributed by atoms with Crippen molar-refractivity contribution < 1.29 is 9.47 Å². The van der Waals surface area contributed by atoms with Crippen LogP contribution < -0.4 is 10.2 Å². The van der Waals surface area contributed by atoms with Crippen molar-refractivity contribution in [1.29, 1.82) is 0 Å². The van der Waals surface area contributed by atoms with Gasteiger partial charge in [0.05, 0.1) is 19.8 Å². The Hall–Kier alpha value is -1.14. The van der Waals surface area contributed by atoms with Crippen LogP contribution in [0.3, 0.4) is 0 Å².